The molecule has 3 nitrogen and oxygen atoms in total. The van der Waals surface area contributed by atoms with E-state index < -0.39 is 5.82 Å². The third kappa shape index (κ3) is 1.40. The second-order valence-electron chi connectivity index (χ2n) is 2.92. The zero-order chi connectivity index (χ0) is 9.97. The van der Waals surface area contributed by atoms with Crippen molar-refractivity contribution in [1.82, 2.24) is 10.2 Å². The molecule has 1 aromatic carbocycles. The normalized spacial score (nSPS) is 10.4. The third-order valence-electron chi connectivity index (χ3n) is 2.06. The molecule has 0 unspecified atom stereocenters. The van der Waals surface area contributed by atoms with Gasteiger partial charge in [0.2, 0.25) is 0 Å². The van der Waals surface area contributed by atoms with Crippen molar-refractivity contribution in [2.75, 3.05) is 0 Å². The smallest absolute Gasteiger partial charge is 0.136 e. The van der Waals surface area contributed by atoms with Crippen molar-refractivity contribution >= 4 is 0 Å². The minimum atomic E-state index is -0.392. The van der Waals surface area contributed by atoms with E-state index in [0.717, 1.165) is 0 Å². The number of nitrogens with zero attached hydrogens (tertiary/aromatic N) is 1. The van der Waals surface area contributed by atoms with Crippen molar-refractivity contribution in [3.05, 3.63) is 42.0 Å². The first kappa shape index (κ1) is 8.90. The molecule has 1 heterocycles. The van der Waals surface area contributed by atoms with Crippen LogP contribution in [0.15, 0.2) is 30.6 Å². The van der Waals surface area contributed by atoms with Gasteiger partial charge in [0, 0.05) is 22.9 Å². The summed E-state index contributed by atoms with van der Waals surface area (Å²) in [7, 11) is 0. The van der Waals surface area contributed by atoms with Crippen molar-refractivity contribution in [3.63, 3.8) is 0 Å². The Kier molecular flexibility index (Phi) is 2.28. The summed E-state index contributed by atoms with van der Waals surface area (Å²) in [6, 6.07) is 4.91. The quantitative estimate of drug-likeness (QED) is 0.760. The average Bonchev–Trinajstić information content (AvgIpc) is 2.71. The Hall–Kier alpha value is -1.68. The van der Waals surface area contributed by atoms with Crippen LogP contribution in [0.25, 0.3) is 11.1 Å². The molecule has 0 aliphatic heterocycles. The molecular weight excluding hydrogens is 183 g/mol. The number of aromatic nitrogens is 2. The van der Waals surface area contributed by atoms with Crippen LogP contribution in [-0.4, -0.2) is 15.3 Å². The Labute approximate surface area is 80.2 Å². The molecule has 72 valence electrons. The molecule has 2 rings (SSSR count). The number of nitrogens with one attached hydrogen (secondary N) is 1. The molecule has 2 N–H and O–H groups in total. The molecule has 0 aliphatic carbocycles. The lowest BCUT2D eigenvalue weighted by Crippen LogP contribution is -1.92. The molecular formula is C10H9FN2O. The van der Waals surface area contributed by atoms with Crippen LogP contribution in [0.4, 0.5) is 4.39 Å². The van der Waals surface area contributed by atoms with Gasteiger partial charge in [-0.1, -0.05) is 18.2 Å². The maximum Gasteiger partial charge on any atom is 0.136 e. The Morgan fingerprint density at radius 2 is 2.29 bits per heavy atom. The van der Waals surface area contributed by atoms with Gasteiger partial charge in [-0.2, -0.15) is 5.10 Å². The van der Waals surface area contributed by atoms with E-state index in [-0.39, 0.29) is 6.61 Å². The van der Waals surface area contributed by atoms with E-state index in [1.54, 1.807) is 30.6 Å². The maximum atomic E-state index is 13.6. The second kappa shape index (κ2) is 3.59. The van der Waals surface area contributed by atoms with E-state index in [1.165, 1.54) is 0 Å². The van der Waals surface area contributed by atoms with Gasteiger partial charge in [-0.15, -0.1) is 0 Å². The summed E-state index contributed by atoms with van der Waals surface area (Å²) >= 11 is 0. The molecule has 0 fully saturated rings. The first-order chi connectivity index (χ1) is 6.83. The number of aliphatic hydroxyl groups excluding tert-OH is 1. The van der Waals surface area contributed by atoms with Gasteiger partial charge in [0.15, 0.2) is 0 Å². The minimum absolute atomic E-state index is 0.294. The Balaban J connectivity index is 2.54. The van der Waals surface area contributed by atoms with Gasteiger partial charge >= 0.3 is 0 Å². The van der Waals surface area contributed by atoms with E-state index in [0.29, 0.717) is 16.7 Å². The number of H-pyrrole nitrogens is 1. The molecule has 0 saturated heterocycles. The average molecular weight is 192 g/mol. The predicted octanol–water partition coefficient (Wildman–Crippen LogP) is 1.71. The molecule has 1 aromatic heterocycles. The van der Waals surface area contributed by atoms with Crippen LogP contribution in [0.1, 0.15) is 5.56 Å². The lowest BCUT2D eigenvalue weighted by molar-refractivity contribution is 0.276. The summed E-state index contributed by atoms with van der Waals surface area (Å²) < 4.78 is 13.6. The highest BCUT2D eigenvalue weighted by atomic mass is 19.1. The summed E-state index contributed by atoms with van der Waals surface area (Å²) in [6.45, 7) is -0.294. The molecule has 0 saturated carbocycles. The van der Waals surface area contributed by atoms with Gasteiger partial charge in [0.25, 0.3) is 0 Å². The molecule has 4 heteroatoms. The second-order valence-corrected chi connectivity index (χ2v) is 2.92. The van der Waals surface area contributed by atoms with Crippen LogP contribution in [0.2, 0.25) is 0 Å². The van der Waals surface area contributed by atoms with Crippen LogP contribution in [0.5, 0.6) is 0 Å². The van der Waals surface area contributed by atoms with E-state index in [4.69, 9.17) is 5.11 Å². The highest BCUT2D eigenvalue weighted by molar-refractivity contribution is 5.63. The molecule has 2 aromatic rings. The van der Waals surface area contributed by atoms with Gasteiger partial charge in [-0.3, -0.25) is 5.10 Å². The summed E-state index contributed by atoms with van der Waals surface area (Å²) in [6.07, 6.45) is 3.15. The fourth-order valence-electron chi connectivity index (χ4n) is 1.32. The Morgan fingerprint density at radius 1 is 1.43 bits per heavy atom. The summed E-state index contributed by atoms with van der Waals surface area (Å²) in [4.78, 5) is 0. The van der Waals surface area contributed by atoms with E-state index in [9.17, 15) is 4.39 Å². The van der Waals surface area contributed by atoms with Gasteiger partial charge in [-0.25, -0.2) is 4.39 Å². The van der Waals surface area contributed by atoms with E-state index in [2.05, 4.69) is 10.2 Å². The van der Waals surface area contributed by atoms with Crippen molar-refractivity contribution in [1.29, 1.82) is 0 Å². The van der Waals surface area contributed by atoms with E-state index in [1.807, 2.05) is 0 Å². The number of rotatable bonds is 2. The van der Waals surface area contributed by atoms with Crippen molar-refractivity contribution in [2.24, 2.45) is 0 Å². The first-order valence-corrected chi connectivity index (χ1v) is 4.20. The van der Waals surface area contributed by atoms with Crippen LogP contribution in [0.3, 0.4) is 0 Å². The largest absolute Gasteiger partial charge is 0.392 e. The summed E-state index contributed by atoms with van der Waals surface area (Å²) in [5.41, 5.74) is 1.42. The highest BCUT2D eigenvalue weighted by Gasteiger charge is 2.09. The maximum absolute atomic E-state index is 13.6. The summed E-state index contributed by atoms with van der Waals surface area (Å²) in [5, 5.41) is 15.2. The molecule has 0 atom stereocenters. The topological polar surface area (TPSA) is 48.9 Å². The molecule has 0 bridgehead atoms. The zero-order valence-electron chi connectivity index (χ0n) is 7.37. The van der Waals surface area contributed by atoms with Crippen LogP contribution in [0, 0.1) is 5.82 Å². The Bertz CT molecular complexity index is 426. The fraction of sp³-hybridized carbons (Fsp3) is 0.100. The van der Waals surface area contributed by atoms with Gasteiger partial charge in [0.05, 0.1) is 12.8 Å². The highest BCUT2D eigenvalue weighted by Crippen LogP contribution is 2.23. The SMILES string of the molecule is OCc1cccc(-c2cn[nH]c2)c1F. The predicted molar refractivity (Wildman–Crippen MR) is 49.9 cm³/mol. The van der Waals surface area contributed by atoms with Gasteiger partial charge < -0.3 is 5.11 Å². The monoisotopic (exact) mass is 192 g/mol. The molecule has 0 aliphatic rings. The number of halogens is 1. The number of aliphatic hydroxyl groups is 1. The van der Waals surface area contributed by atoms with E-state index >= 15 is 0 Å². The lowest BCUT2D eigenvalue weighted by Gasteiger charge is -2.03. The van der Waals surface area contributed by atoms with Crippen LogP contribution in [-0.2, 0) is 6.61 Å². The summed E-state index contributed by atoms with van der Waals surface area (Å²) in [5.74, 6) is -0.392. The third-order valence-corrected chi connectivity index (χ3v) is 2.06. The van der Waals surface area contributed by atoms with Crippen molar-refractivity contribution in [3.8, 4) is 11.1 Å². The standard InChI is InChI=1S/C10H9FN2O/c11-10-7(6-14)2-1-3-9(10)8-4-12-13-5-8/h1-5,14H,6H2,(H,12,13). The Morgan fingerprint density at radius 3 is 2.93 bits per heavy atom. The number of benzene rings is 1. The number of aromatic amines is 1. The molecule has 0 amide bonds. The molecule has 0 radical (unpaired) electrons. The van der Waals surface area contributed by atoms with Crippen LogP contribution < -0.4 is 0 Å². The van der Waals surface area contributed by atoms with Crippen molar-refractivity contribution in [2.45, 2.75) is 6.61 Å². The van der Waals surface area contributed by atoms with Gasteiger partial charge in [-0.05, 0) is 0 Å². The number of hydrogen-bond donors (Lipinski definition) is 2. The fourth-order valence-corrected chi connectivity index (χ4v) is 1.32. The van der Waals surface area contributed by atoms with Crippen LogP contribution >= 0.6 is 0 Å². The number of hydrogen-bond acceptors (Lipinski definition) is 2. The minimum Gasteiger partial charge on any atom is -0.392 e. The van der Waals surface area contributed by atoms with Crippen molar-refractivity contribution < 1.29 is 9.50 Å². The molecule has 0 spiro atoms. The zero-order valence-corrected chi connectivity index (χ0v) is 7.37. The van der Waals surface area contributed by atoms with Gasteiger partial charge in [0.1, 0.15) is 5.82 Å². The lowest BCUT2D eigenvalue weighted by atomic mass is 10.1. The first-order valence-electron chi connectivity index (χ1n) is 4.20. The molecule has 14 heavy (non-hydrogen) atoms.